The number of hydrogen-bond donors (Lipinski definition) is 2. The van der Waals surface area contributed by atoms with Gasteiger partial charge < -0.3 is 16.4 Å². The van der Waals surface area contributed by atoms with E-state index in [2.05, 4.69) is 31.3 Å². The maximum absolute atomic E-state index is 11.6. The van der Waals surface area contributed by atoms with Crippen LogP contribution in [0, 0.1) is 0 Å². The zero-order valence-electron chi connectivity index (χ0n) is 15.6. The van der Waals surface area contributed by atoms with Gasteiger partial charge in [0.25, 0.3) is 0 Å². The third kappa shape index (κ3) is 3.03. The molecule has 5 rings (SSSR count). The highest BCUT2D eigenvalue weighted by atomic mass is 16.1. The van der Waals surface area contributed by atoms with Gasteiger partial charge in [-0.15, -0.1) is 5.10 Å². The summed E-state index contributed by atoms with van der Waals surface area (Å²) in [6.07, 6.45) is 3.87. The summed E-state index contributed by atoms with van der Waals surface area (Å²) in [5.41, 5.74) is 13.5. The van der Waals surface area contributed by atoms with E-state index in [1.165, 1.54) is 0 Å². The molecule has 0 bridgehead atoms. The van der Waals surface area contributed by atoms with E-state index in [1.807, 2.05) is 29.2 Å². The average Bonchev–Trinajstić information content (AvgIpc) is 3.32. The van der Waals surface area contributed by atoms with E-state index in [0.29, 0.717) is 43.2 Å². The Morgan fingerprint density at radius 1 is 1.24 bits per heavy atom. The highest BCUT2D eigenvalue weighted by Crippen LogP contribution is 2.24. The van der Waals surface area contributed by atoms with Crippen LogP contribution in [0.2, 0.25) is 0 Å². The number of carbonyl (C=O) groups is 1. The van der Waals surface area contributed by atoms with E-state index >= 15 is 0 Å². The van der Waals surface area contributed by atoms with Crippen LogP contribution in [0.4, 0.5) is 5.82 Å². The van der Waals surface area contributed by atoms with Crippen LogP contribution >= 0.6 is 0 Å². The number of nitrogens with zero attached hydrogens (tertiary/aromatic N) is 7. The van der Waals surface area contributed by atoms with Crippen LogP contribution in [0.3, 0.4) is 0 Å². The summed E-state index contributed by atoms with van der Waals surface area (Å²) >= 11 is 0. The molecule has 10 nitrogen and oxygen atoms in total. The molecule has 10 heteroatoms. The summed E-state index contributed by atoms with van der Waals surface area (Å²) in [5, 5.41) is 9.37. The molecule has 1 amide bonds. The lowest BCUT2D eigenvalue weighted by atomic mass is 10.00. The molecule has 4 N–H and O–H groups in total. The number of fused-ring (bicyclic) bond motifs is 2. The first kappa shape index (κ1) is 17.4. The lowest BCUT2D eigenvalue weighted by Crippen LogP contribution is -2.53. The molecule has 0 aliphatic carbocycles. The van der Waals surface area contributed by atoms with E-state index in [0.717, 1.165) is 16.5 Å². The van der Waals surface area contributed by atoms with Gasteiger partial charge in [0.15, 0.2) is 5.65 Å². The molecule has 0 radical (unpaired) electrons. The number of amides is 1. The zero-order valence-corrected chi connectivity index (χ0v) is 15.6. The zero-order chi connectivity index (χ0) is 20.0. The second-order valence-electron chi connectivity index (χ2n) is 7.34. The Bertz CT molecular complexity index is 1240. The Kier molecular flexibility index (Phi) is 3.88. The van der Waals surface area contributed by atoms with Crippen LogP contribution in [-0.2, 0) is 11.3 Å². The van der Waals surface area contributed by atoms with E-state index in [-0.39, 0.29) is 0 Å². The lowest BCUT2D eigenvalue weighted by molar-refractivity contribution is -0.122. The fraction of sp³-hybridized carbons (Fsp3) is 0.263. The van der Waals surface area contributed by atoms with Crippen molar-refractivity contribution in [2.75, 3.05) is 18.0 Å². The first-order chi connectivity index (χ1) is 14.0. The van der Waals surface area contributed by atoms with Crippen molar-refractivity contribution >= 4 is 33.9 Å². The third-order valence-electron chi connectivity index (χ3n) is 5.33. The molecule has 146 valence electrons. The van der Waals surface area contributed by atoms with Gasteiger partial charge in [-0.25, -0.2) is 14.6 Å². The van der Waals surface area contributed by atoms with Crippen LogP contribution < -0.4 is 16.4 Å². The molecule has 1 saturated heterocycles. The van der Waals surface area contributed by atoms with Gasteiger partial charge in [-0.1, -0.05) is 17.3 Å². The van der Waals surface area contributed by atoms with Crippen molar-refractivity contribution in [3.8, 4) is 0 Å². The van der Waals surface area contributed by atoms with Crippen LogP contribution in [0.1, 0.15) is 12.0 Å². The number of anilines is 1. The van der Waals surface area contributed by atoms with Crippen molar-refractivity contribution < 1.29 is 4.79 Å². The smallest absolute Gasteiger partial charge is 0.239 e. The fourth-order valence-electron chi connectivity index (χ4n) is 3.63. The Labute approximate surface area is 165 Å². The highest BCUT2D eigenvalue weighted by Gasteiger charge is 2.40. The summed E-state index contributed by atoms with van der Waals surface area (Å²) in [6, 6.07) is 10.00. The van der Waals surface area contributed by atoms with E-state index in [9.17, 15) is 4.79 Å². The van der Waals surface area contributed by atoms with E-state index in [1.54, 1.807) is 17.1 Å². The number of primary amides is 1. The number of aromatic nitrogens is 6. The van der Waals surface area contributed by atoms with Gasteiger partial charge in [0.1, 0.15) is 11.4 Å². The molecule has 1 atom stereocenters. The second kappa shape index (κ2) is 6.45. The van der Waals surface area contributed by atoms with Gasteiger partial charge in [-0.2, -0.15) is 0 Å². The summed E-state index contributed by atoms with van der Waals surface area (Å²) in [7, 11) is 0. The Morgan fingerprint density at radius 2 is 2.14 bits per heavy atom. The third-order valence-corrected chi connectivity index (χ3v) is 5.33. The monoisotopic (exact) mass is 389 g/mol. The van der Waals surface area contributed by atoms with Crippen molar-refractivity contribution in [2.24, 2.45) is 11.5 Å². The molecular formula is C19H19N9O. The first-order valence-electron chi connectivity index (χ1n) is 9.25. The normalized spacial score (nSPS) is 19.3. The molecule has 4 heterocycles. The van der Waals surface area contributed by atoms with Gasteiger partial charge >= 0.3 is 0 Å². The molecule has 1 aliphatic rings. The average molecular weight is 389 g/mol. The number of rotatable bonds is 4. The number of carbonyl (C=O) groups excluding carboxylic acids is 1. The Balaban J connectivity index is 1.46. The molecule has 3 aromatic heterocycles. The molecule has 1 fully saturated rings. The van der Waals surface area contributed by atoms with Crippen molar-refractivity contribution in [3.63, 3.8) is 0 Å². The van der Waals surface area contributed by atoms with Crippen LogP contribution in [0.5, 0.6) is 0 Å². The fourth-order valence-corrected chi connectivity index (χ4v) is 3.63. The van der Waals surface area contributed by atoms with Gasteiger partial charge in [-0.05, 0) is 30.2 Å². The highest BCUT2D eigenvalue weighted by molar-refractivity contribution is 5.86. The van der Waals surface area contributed by atoms with Crippen molar-refractivity contribution in [1.82, 2.24) is 29.9 Å². The minimum absolute atomic E-state index is 0.307. The lowest BCUT2D eigenvalue weighted by Gasteiger charge is -2.21. The van der Waals surface area contributed by atoms with Crippen molar-refractivity contribution in [2.45, 2.75) is 18.5 Å². The molecule has 1 aliphatic heterocycles. The molecule has 1 aromatic carbocycles. The molecule has 1 unspecified atom stereocenters. The number of benzene rings is 1. The maximum atomic E-state index is 11.6. The molecule has 0 spiro atoms. The largest absolute Gasteiger partial charge is 0.368 e. The summed E-state index contributed by atoms with van der Waals surface area (Å²) in [4.78, 5) is 26.9. The van der Waals surface area contributed by atoms with Crippen molar-refractivity contribution in [1.29, 1.82) is 0 Å². The number of nitrogens with two attached hydrogens (primary N) is 2. The van der Waals surface area contributed by atoms with Gasteiger partial charge in [0.05, 0.1) is 18.3 Å². The SMILES string of the molecule is NC(=O)C1(N)CCN(c2cnc3nnn(Cc4ccc5ncccc5c4)c3n2)C1. The van der Waals surface area contributed by atoms with Crippen molar-refractivity contribution in [3.05, 3.63) is 48.3 Å². The van der Waals surface area contributed by atoms with E-state index in [4.69, 9.17) is 11.5 Å². The standard InChI is InChI=1S/C19H19N9O/c20-18(29)19(21)5-7-27(11-19)15-9-23-16-17(24-15)28(26-25-16)10-12-3-4-14-13(8-12)2-1-6-22-14/h1-4,6,8-9H,5,7,10-11,21H2,(H2,20,29). The number of pyridine rings is 1. The summed E-state index contributed by atoms with van der Waals surface area (Å²) in [6.45, 7) is 1.39. The second-order valence-corrected chi connectivity index (χ2v) is 7.34. The maximum Gasteiger partial charge on any atom is 0.239 e. The first-order valence-corrected chi connectivity index (χ1v) is 9.25. The van der Waals surface area contributed by atoms with Crippen LogP contribution in [0.25, 0.3) is 22.2 Å². The predicted octanol–water partition coefficient (Wildman–Crippen LogP) is 0.211. The van der Waals surface area contributed by atoms with Crippen LogP contribution in [-0.4, -0.2) is 54.5 Å². The van der Waals surface area contributed by atoms with Gasteiger partial charge in [0, 0.05) is 24.7 Å². The quantitative estimate of drug-likeness (QED) is 0.504. The summed E-state index contributed by atoms with van der Waals surface area (Å²) < 4.78 is 1.71. The minimum atomic E-state index is -1.05. The summed E-state index contributed by atoms with van der Waals surface area (Å²) in [5.74, 6) is 0.115. The Morgan fingerprint density at radius 3 is 2.97 bits per heavy atom. The van der Waals surface area contributed by atoms with E-state index < -0.39 is 11.4 Å². The molecule has 4 aromatic rings. The topological polar surface area (TPSA) is 142 Å². The predicted molar refractivity (Wildman–Crippen MR) is 107 cm³/mol. The Hall–Kier alpha value is -3.66. The van der Waals surface area contributed by atoms with Gasteiger partial charge in [0.2, 0.25) is 11.6 Å². The molecule has 0 saturated carbocycles. The molecular weight excluding hydrogens is 370 g/mol. The molecule has 29 heavy (non-hydrogen) atoms. The minimum Gasteiger partial charge on any atom is -0.368 e. The number of hydrogen-bond acceptors (Lipinski definition) is 8. The van der Waals surface area contributed by atoms with Gasteiger partial charge in [-0.3, -0.25) is 9.78 Å². The van der Waals surface area contributed by atoms with Crippen LogP contribution in [0.15, 0.2) is 42.7 Å².